The standard InChI is InChI=1S/C13H21NO2/c1-4-12-5-6-13(16-12)9-14-7-8-15-10-11(2)3/h5-6,14H,2,4,7-10H2,1,3H3. The summed E-state index contributed by atoms with van der Waals surface area (Å²) in [6.07, 6.45) is 0.946. The summed E-state index contributed by atoms with van der Waals surface area (Å²) in [7, 11) is 0. The van der Waals surface area contributed by atoms with E-state index in [9.17, 15) is 0 Å². The van der Waals surface area contributed by atoms with Crippen LogP contribution in [0.25, 0.3) is 0 Å². The Balaban J connectivity index is 2.04. The fourth-order valence-electron chi connectivity index (χ4n) is 1.31. The number of aryl methyl sites for hydroxylation is 1. The molecule has 1 heterocycles. The molecule has 0 aliphatic carbocycles. The van der Waals surface area contributed by atoms with Gasteiger partial charge in [-0.2, -0.15) is 0 Å². The van der Waals surface area contributed by atoms with Crippen LogP contribution in [0.15, 0.2) is 28.7 Å². The third-order valence-electron chi connectivity index (χ3n) is 2.14. The van der Waals surface area contributed by atoms with Gasteiger partial charge in [0.15, 0.2) is 0 Å². The first-order valence-corrected chi connectivity index (χ1v) is 5.72. The van der Waals surface area contributed by atoms with Gasteiger partial charge < -0.3 is 14.5 Å². The zero-order valence-corrected chi connectivity index (χ0v) is 10.2. The summed E-state index contributed by atoms with van der Waals surface area (Å²) in [6, 6.07) is 4.04. The van der Waals surface area contributed by atoms with Crippen LogP contribution in [0.2, 0.25) is 0 Å². The highest BCUT2D eigenvalue weighted by Gasteiger charge is 1.99. The summed E-state index contributed by atoms with van der Waals surface area (Å²) < 4.78 is 10.9. The Morgan fingerprint density at radius 1 is 1.44 bits per heavy atom. The molecular formula is C13H21NO2. The highest BCUT2D eigenvalue weighted by Crippen LogP contribution is 2.07. The molecule has 0 aliphatic heterocycles. The zero-order chi connectivity index (χ0) is 11.8. The predicted octanol–water partition coefficient (Wildman–Crippen LogP) is 2.52. The molecule has 0 saturated heterocycles. The summed E-state index contributed by atoms with van der Waals surface area (Å²) in [4.78, 5) is 0. The molecule has 1 N–H and O–H groups in total. The smallest absolute Gasteiger partial charge is 0.117 e. The van der Waals surface area contributed by atoms with Crippen molar-refractivity contribution < 1.29 is 9.15 Å². The second-order valence-corrected chi connectivity index (χ2v) is 3.91. The van der Waals surface area contributed by atoms with Crippen LogP contribution >= 0.6 is 0 Å². The Hall–Kier alpha value is -1.06. The largest absolute Gasteiger partial charge is 0.465 e. The third-order valence-corrected chi connectivity index (χ3v) is 2.14. The van der Waals surface area contributed by atoms with Crippen LogP contribution in [-0.4, -0.2) is 19.8 Å². The molecular weight excluding hydrogens is 202 g/mol. The van der Waals surface area contributed by atoms with Crippen LogP contribution in [0, 0.1) is 0 Å². The van der Waals surface area contributed by atoms with Crippen molar-refractivity contribution in [2.24, 2.45) is 0 Å². The van der Waals surface area contributed by atoms with Gasteiger partial charge in [-0.3, -0.25) is 0 Å². The molecule has 0 aromatic carbocycles. The molecule has 0 amide bonds. The van der Waals surface area contributed by atoms with Gasteiger partial charge in [0.2, 0.25) is 0 Å². The van der Waals surface area contributed by atoms with E-state index in [2.05, 4.69) is 18.8 Å². The summed E-state index contributed by atoms with van der Waals surface area (Å²) in [6.45, 7) is 10.8. The molecule has 1 aromatic heterocycles. The van der Waals surface area contributed by atoms with Crippen LogP contribution in [0.5, 0.6) is 0 Å². The van der Waals surface area contributed by atoms with E-state index in [0.29, 0.717) is 13.2 Å². The van der Waals surface area contributed by atoms with Crippen molar-refractivity contribution in [1.82, 2.24) is 5.32 Å². The molecule has 0 atom stereocenters. The van der Waals surface area contributed by atoms with Crippen LogP contribution < -0.4 is 5.32 Å². The topological polar surface area (TPSA) is 34.4 Å². The van der Waals surface area contributed by atoms with E-state index in [1.165, 1.54) is 0 Å². The minimum Gasteiger partial charge on any atom is -0.465 e. The molecule has 0 saturated carbocycles. The Morgan fingerprint density at radius 3 is 2.81 bits per heavy atom. The number of rotatable bonds is 8. The van der Waals surface area contributed by atoms with Gasteiger partial charge in [-0.15, -0.1) is 0 Å². The Bertz CT molecular complexity index is 317. The van der Waals surface area contributed by atoms with E-state index in [0.717, 1.165) is 36.6 Å². The van der Waals surface area contributed by atoms with Gasteiger partial charge in [-0.1, -0.05) is 19.1 Å². The van der Waals surface area contributed by atoms with Gasteiger partial charge >= 0.3 is 0 Å². The molecule has 1 aromatic rings. The van der Waals surface area contributed by atoms with E-state index in [4.69, 9.17) is 9.15 Å². The molecule has 0 unspecified atom stereocenters. The van der Waals surface area contributed by atoms with Crippen LogP contribution in [0.4, 0.5) is 0 Å². The van der Waals surface area contributed by atoms with Crippen LogP contribution in [-0.2, 0) is 17.7 Å². The lowest BCUT2D eigenvalue weighted by Gasteiger charge is -2.04. The van der Waals surface area contributed by atoms with Gasteiger partial charge in [0.1, 0.15) is 11.5 Å². The van der Waals surface area contributed by atoms with Crippen molar-refractivity contribution >= 4 is 0 Å². The SMILES string of the molecule is C=C(C)COCCNCc1ccc(CC)o1. The first-order valence-electron chi connectivity index (χ1n) is 5.72. The molecule has 90 valence electrons. The van der Waals surface area contributed by atoms with Crippen LogP contribution in [0.1, 0.15) is 25.4 Å². The molecule has 0 fully saturated rings. The molecule has 0 aliphatic rings. The number of hydrogen-bond acceptors (Lipinski definition) is 3. The van der Waals surface area contributed by atoms with Crippen molar-refractivity contribution in [2.75, 3.05) is 19.8 Å². The third kappa shape index (κ3) is 5.14. The lowest BCUT2D eigenvalue weighted by Crippen LogP contribution is -2.19. The van der Waals surface area contributed by atoms with E-state index in [1.807, 2.05) is 19.1 Å². The van der Waals surface area contributed by atoms with E-state index >= 15 is 0 Å². The maximum Gasteiger partial charge on any atom is 0.117 e. The van der Waals surface area contributed by atoms with E-state index in [-0.39, 0.29) is 0 Å². The normalized spacial score (nSPS) is 10.6. The second-order valence-electron chi connectivity index (χ2n) is 3.91. The van der Waals surface area contributed by atoms with Crippen molar-refractivity contribution in [1.29, 1.82) is 0 Å². The van der Waals surface area contributed by atoms with E-state index in [1.54, 1.807) is 0 Å². The highest BCUT2D eigenvalue weighted by atomic mass is 16.5. The molecule has 0 radical (unpaired) electrons. The second kappa shape index (κ2) is 7.25. The number of hydrogen-bond donors (Lipinski definition) is 1. The van der Waals surface area contributed by atoms with Crippen molar-refractivity contribution in [3.05, 3.63) is 35.8 Å². The average molecular weight is 223 g/mol. The number of furan rings is 1. The van der Waals surface area contributed by atoms with E-state index < -0.39 is 0 Å². The first kappa shape index (κ1) is 13.0. The fraction of sp³-hybridized carbons (Fsp3) is 0.538. The molecule has 0 bridgehead atoms. The van der Waals surface area contributed by atoms with Crippen molar-refractivity contribution in [3.8, 4) is 0 Å². The zero-order valence-electron chi connectivity index (χ0n) is 10.2. The lowest BCUT2D eigenvalue weighted by molar-refractivity contribution is 0.157. The quantitative estimate of drug-likeness (QED) is 0.543. The number of ether oxygens (including phenoxy) is 1. The minimum atomic E-state index is 0.641. The molecule has 3 heteroatoms. The molecule has 16 heavy (non-hydrogen) atoms. The van der Waals surface area contributed by atoms with Gasteiger partial charge in [0.05, 0.1) is 19.8 Å². The Morgan fingerprint density at radius 2 is 2.19 bits per heavy atom. The summed E-state index contributed by atoms with van der Waals surface area (Å²) in [5.74, 6) is 2.02. The maximum absolute atomic E-state index is 5.56. The first-order chi connectivity index (χ1) is 7.72. The molecule has 1 rings (SSSR count). The predicted molar refractivity (Wildman–Crippen MR) is 65.4 cm³/mol. The monoisotopic (exact) mass is 223 g/mol. The maximum atomic E-state index is 5.56. The number of nitrogens with one attached hydrogen (secondary N) is 1. The Kier molecular flexibility index (Phi) is 5.90. The van der Waals surface area contributed by atoms with Crippen molar-refractivity contribution in [3.63, 3.8) is 0 Å². The van der Waals surface area contributed by atoms with Gasteiger partial charge in [-0.05, 0) is 19.1 Å². The minimum absolute atomic E-state index is 0.641. The van der Waals surface area contributed by atoms with Gasteiger partial charge in [0, 0.05) is 13.0 Å². The fourth-order valence-corrected chi connectivity index (χ4v) is 1.31. The highest BCUT2D eigenvalue weighted by molar-refractivity contribution is 5.06. The van der Waals surface area contributed by atoms with Gasteiger partial charge in [-0.25, -0.2) is 0 Å². The average Bonchev–Trinajstić information content (AvgIpc) is 2.70. The molecule has 0 spiro atoms. The van der Waals surface area contributed by atoms with Gasteiger partial charge in [0.25, 0.3) is 0 Å². The van der Waals surface area contributed by atoms with Crippen molar-refractivity contribution in [2.45, 2.75) is 26.8 Å². The lowest BCUT2D eigenvalue weighted by atomic mass is 10.3. The van der Waals surface area contributed by atoms with Crippen LogP contribution in [0.3, 0.4) is 0 Å². The summed E-state index contributed by atoms with van der Waals surface area (Å²) >= 11 is 0. The summed E-state index contributed by atoms with van der Waals surface area (Å²) in [5, 5.41) is 3.26. The Labute approximate surface area is 97.5 Å². The molecule has 3 nitrogen and oxygen atoms in total. The summed E-state index contributed by atoms with van der Waals surface area (Å²) in [5.41, 5.74) is 1.05.